The second kappa shape index (κ2) is 8.23. The summed E-state index contributed by atoms with van der Waals surface area (Å²) in [6, 6.07) is 14.1. The first-order valence-electron chi connectivity index (χ1n) is 9.62. The van der Waals surface area contributed by atoms with Gasteiger partial charge in [0, 0.05) is 37.3 Å². The van der Waals surface area contributed by atoms with Gasteiger partial charge in [0.2, 0.25) is 0 Å². The molecule has 4 rings (SSSR count). The van der Waals surface area contributed by atoms with E-state index in [0.717, 1.165) is 4.70 Å². The van der Waals surface area contributed by atoms with E-state index >= 15 is 0 Å². The van der Waals surface area contributed by atoms with E-state index in [1.165, 1.54) is 16.2 Å². The lowest BCUT2D eigenvalue weighted by Crippen LogP contribution is -2.56. The van der Waals surface area contributed by atoms with Gasteiger partial charge in [0.05, 0.1) is 17.3 Å². The lowest BCUT2D eigenvalue weighted by Gasteiger charge is -2.39. The molecule has 1 unspecified atom stereocenters. The van der Waals surface area contributed by atoms with Gasteiger partial charge in [0.1, 0.15) is 5.75 Å². The molecule has 1 saturated heterocycles. The minimum Gasteiger partial charge on any atom is -0.497 e. The first kappa shape index (κ1) is 20.0. The van der Waals surface area contributed by atoms with Crippen molar-refractivity contribution in [1.82, 2.24) is 14.8 Å². The van der Waals surface area contributed by atoms with Crippen LogP contribution in [0.3, 0.4) is 0 Å². The zero-order valence-corrected chi connectivity index (χ0v) is 17.5. The van der Waals surface area contributed by atoms with Crippen molar-refractivity contribution in [2.45, 2.75) is 13.0 Å². The van der Waals surface area contributed by atoms with Gasteiger partial charge in [-0.3, -0.25) is 14.4 Å². The topological polar surface area (TPSA) is 79.8 Å². The van der Waals surface area contributed by atoms with E-state index in [9.17, 15) is 14.4 Å². The Labute approximate surface area is 177 Å². The lowest BCUT2D eigenvalue weighted by molar-refractivity contribution is -0.130. The molecule has 3 aromatic rings. The molecule has 2 heterocycles. The van der Waals surface area contributed by atoms with Crippen LogP contribution < -0.4 is 4.74 Å². The lowest BCUT2D eigenvalue weighted by atomic mass is 10.1. The average Bonchev–Trinajstić information content (AvgIpc) is 3.21. The van der Waals surface area contributed by atoms with Gasteiger partial charge in [-0.25, -0.2) is 4.98 Å². The fraction of sp³-hybridized carbons (Fsp3) is 0.273. The van der Waals surface area contributed by atoms with E-state index in [0.29, 0.717) is 36.5 Å². The number of hydrogen-bond donors (Lipinski definition) is 0. The van der Waals surface area contributed by atoms with Gasteiger partial charge in [0.15, 0.2) is 5.01 Å². The summed E-state index contributed by atoms with van der Waals surface area (Å²) in [7, 11) is 1.56. The molecular formula is C22H21N3O4S. The van der Waals surface area contributed by atoms with E-state index in [2.05, 4.69) is 4.98 Å². The van der Waals surface area contributed by atoms with Crippen LogP contribution in [0.4, 0.5) is 0 Å². The first-order valence-corrected chi connectivity index (χ1v) is 10.4. The van der Waals surface area contributed by atoms with Crippen LogP contribution in [0, 0.1) is 0 Å². The molecule has 1 aliphatic rings. The van der Waals surface area contributed by atoms with Crippen LogP contribution in [0.1, 0.15) is 27.1 Å². The normalized spacial score (nSPS) is 16.5. The fourth-order valence-electron chi connectivity index (χ4n) is 3.56. The third kappa shape index (κ3) is 3.78. The highest BCUT2D eigenvalue weighted by atomic mass is 32.1. The second-order valence-electron chi connectivity index (χ2n) is 7.15. The summed E-state index contributed by atoms with van der Waals surface area (Å²) in [6.07, 6.45) is 0. The summed E-state index contributed by atoms with van der Waals surface area (Å²) >= 11 is 1.19. The number of ketones is 1. The summed E-state index contributed by atoms with van der Waals surface area (Å²) in [5.41, 5.74) is 1.24. The smallest absolute Gasteiger partial charge is 0.297 e. The van der Waals surface area contributed by atoms with E-state index in [1.54, 1.807) is 36.3 Å². The Morgan fingerprint density at radius 1 is 1.10 bits per heavy atom. The van der Waals surface area contributed by atoms with Gasteiger partial charge in [-0.15, -0.1) is 11.3 Å². The molecule has 0 aliphatic carbocycles. The largest absolute Gasteiger partial charge is 0.497 e. The van der Waals surface area contributed by atoms with Gasteiger partial charge in [-0.1, -0.05) is 18.2 Å². The van der Waals surface area contributed by atoms with Gasteiger partial charge in [-0.2, -0.15) is 0 Å². The number of amides is 2. The number of carbonyl (C=O) groups is 3. The number of carbonyl (C=O) groups excluding carboxylic acids is 3. The first-order chi connectivity index (χ1) is 14.5. The Bertz CT molecular complexity index is 1110. The Morgan fingerprint density at radius 2 is 1.87 bits per heavy atom. The highest BCUT2D eigenvalue weighted by molar-refractivity contribution is 7.21. The minimum absolute atomic E-state index is 0.0685. The zero-order valence-electron chi connectivity index (χ0n) is 16.7. The average molecular weight is 423 g/mol. The van der Waals surface area contributed by atoms with Crippen molar-refractivity contribution in [2.24, 2.45) is 0 Å². The summed E-state index contributed by atoms with van der Waals surface area (Å²) in [6.45, 7) is 2.92. The molecule has 154 valence electrons. The maximum Gasteiger partial charge on any atom is 0.297 e. The predicted octanol–water partition coefficient (Wildman–Crippen LogP) is 2.86. The molecule has 7 nitrogen and oxygen atoms in total. The van der Waals surface area contributed by atoms with E-state index in [-0.39, 0.29) is 17.0 Å². The number of ether oxygens (including phenoxy) is 1. The molecular weight excluding hydrogens is 402 g/mol. The number of methoxy groups -OCH3 is 1. The number of benzene rings is 2. The minimum atomic E-state index is -0.621. The number of rotatable bonds is 4. The van der Waals surface area contributed by atoms with Crippen molar-refractivity contribution >= 4 is 39.2 Å². The van der Waals surface area contributed by atoms with Crippen LogP contribution in [0.5, 0.6) is 5.75 Å². The zero-order chi connectivity index (χ0) is 21.3. The third-order valence-corrected chi connectivity index (χ3v) is 6.21. The maximum absolute atomic E-state index is 12.9. The SMILES string of the molecule is COc1ccc2sc(C(=O)C(=O)N3CCN(C(=O)c4ccccc4)CC3C)nc2c1. The van der Waals surface area contributed by atoms with Crippen molar-refractivity contribution in [3.8, 4) is 5.75 Å². The van der Waals surface area contributed by atoms with Gasteiger partial charge < -0.3 is 14.5 Å². The number of fused-ring (bicyclic) bond motifs is 1. The molecule has 0 N–H and O–H groups in total. The highest BCUT2D eigenvalue weighted by Gasteiger charge is 2.34. The van der Waals surface area contributed by atoms with Crippen LogP contribution in [-0.4, -0.2) is 65.2 Å². The Hall–Kier alpha value is -3.26. The molecule has 8 heteroatoms. The van der Waals surface area contributed by atoms with Crippen molar-refractivity contribution in [1.29, 1.82) is 0 Å². The quantitative estimate of drug-likeness (QED) is 0.476. The number of hydrogen-bond acceptors (Lipinski definition) is 6. The van der Waals surface area contributed by atoms with Crippen LogP contribution in [0.2, 0.25) is 0 Å². The molecule has 0 saturated carbocycles. The molecule has 1 atom stereocenters. The van der Waals surface area contributed by atoms with Crippen LogP contribution in [0.15, 0.2) is 48.5 Å². The summed E-state index contributed by atoms with van der Waals surface area (Å²) < 4.78 is 6.00. The van der Waals surface area contributed by atoms with Crippen LogP contribution in [0.25, 0.3) is 10.2 Å². The molecule has 2 amide bonds. The number of Topliss-reactive ketones (excluding diaryl/α,β-unsaturated/α-hetero) is 1. The van der Waals surface area contributed by atoms with Crippen LogP contribution in [-0.2, 0) is 4.79 Å². The Morgan fingerprint density at radius 3 is 2.57 bits per heavy atom. The van der Waals surface area contributed by atoms with Crippen molar-refractivity contribution in [3.63, 3.8) is 0 Å². The van der Waals surface area contributed by atoms with Crippen LogP contribution >= 0.6 is 11.3 Å². The maximum atomic E-state index is 12.9. The van der Waals surface area contributed by atoms with E-state index in [4.69, 9.17) is 4.74 Å². The Balaban J connectivity index is 1.46. The third-order valence-electron chi connectivity index (χ3n) is 5.18. The van der Waals surface area contributed by atoms with Gasteiger partial charge >= 0.3 is 0 Å². The summed E-state index contributed by atoms with van der Waals surface area (Å²) in [5, 5.41) is 0.165. The van der Waals surface area contributed by atoms with Crippen molar-refractivity contribution in [3.05, 3.63) is 59.1 Å². The standard InChI is InChI=1S/C22H21N3O4S/c1-14-13-24(21(27)15-6-4-3-5-7-15)10-11-25(14)22(28)19(26)20-23-17-12-16(29-2)8-9-18(17)30-20/h3-9,12,14H,10-11,13H2,1-2H3. The fourth-order valence-corrected chi connectivity index (χ4v) is 4.44. The monoisotopic (exact) mass is 423 g/mol. The molecule has 0 radical (unpaired) electrons. The number of nitrogens with zero attached hydrogens (tertiary/aromatic N) is 3. The molecule has 1 fully saturated rings. The number of aromatic nitrogens is 1. The molecule has 2 aromatic carbocycles. The molecule has 1 aliphatic heterocycles. The summed E-state index contributed by atoms with van der Waals surface area (Å²) in [5.74, 6) is -0.628. The molecule has 0 spiro atoms. The van der Waals surface area contributed by atoms with Gasteiger partial charge in [0.25, 0.3) is 17.6 Å². The highest BCUT2D eigenvalue weighted by Crippen LogP contribution is 2.27. The van der Waals surface area contributed by atoms with Crippen molar-refractivity contribution < 1.29 is 19.1 Å². The van der Waals surface area contributed by atoms with Crippen molar-refractivity contribution in [2.75, 3.05) is 26.7 Å². The number of piperazine rings is 1. The van der Waals surface area contributed by atoms with Gasteiger partial charge in [-0.05, 0) is 31.2 Å². The molecule has 1 aromatic heterocycles. The summed E-state index contributed by atoms with van der Waals surface area (Å²) in [4.78, 5) is 45.9. The van der Waals surface area contributed by atoms with E-state index in [1.807, 2.05) is 31.2 Å². The second-order valence-corrected chi connectivity index (χ2v) is 8.18. The molecule has 0 bridgehead atoms. The van der Waals surface area contributed by atoms with E-state index < -0.39 is 11.7 Å². The molecule has 30 heavy (non-hydrogen) atoms. The predicted molar refractivity (Wildman–Crippen MR) is 114 cm³/mol. The Kier molecular flexibility index (Phi) is 5.50. The number of thiazole rings is 1.